The molecule has 0 bridgehead atoms. The van der Waals surface area contributed by atoms with Crippen LogP contribution < -0.4 is 5.32 Å². The molecular weight excluding hydrogens is 307 g/mol. The van der Waals surface area contributed by atoms with E-state index in [1.807, 2.05) is 30.3 Å². The van der Waals surface area contributed by atoms with Crippen LogP contribution in [0.2, 0.25) is 0 Å². The third-order valence-electron chi connectivity index (χ3n) is 5.18. The number of fused-ring (bicyclic) bond motifs is 1. The molecule has 0 spiro atoms. The minimum atomic E-state index is -0.766. The molecule has 0 unspecified atom stereocenters. The summed E-state index contributed by atoms with van der Waals surface area (Å²) in [5.41, 5.74) is 1.11. The number of para-hydroxylation sites is 1. The fraction of sp³-hybridized carbons (Fsp3) is 0.316. The Labute approximate surface area is 139 Å². The number of phenolic OH excluding ortho intramolecular Hbond substituents is 1. The van der Waals surface area contributed by atoms with Gasteiger partial charge in [-0.3, -0.25) is 4.79 Å². The zero-order valence-corrected chi connectivity index (χ0v) is 13.2. The van der Waals surface area contributed by atoms with Crippen LogP contribution in [0, 0.1) is 17.7 Å². The van der Waals surface area contributed by atoms with E-state index in [9.17, 15) is 14.3 Å². The summed E-state index contributed by atoms with van der Waals surface area (Å²) in [4.78, 5) is 14.8. The van der Waals surface area contributed by atoms with E-state index in [-0.39, 0.29) is 17.5 Å². The quantitative estimate of drug-likeness (QED) is 0.892. The molecule has 3 atom stereocenters. The lowest BCUT2D eigenvalue weighted by molar-refractivity contribution is 0.0710. The van der Waals surface area contributed by atoms with Gasteiger partial charge in [0, 0.05) is 25.6 Å². The van der Waals surface area contributed by atoms with Gasteiger partial charge in [-0.05, 0) is 23.6 Å². The van der Waals surface area contributed by atoms with E-state index in [2.05, 4.69) is 5.32 Å². The Bertz CT molecular complexity index is 765. The molecule has 2 N–H and O–H groups in total. The van der Waals surface area contributed by atoms with E-state index in [0.29, 0.717) is 18.4 Å². The second-order valence-corrected chi connectivity index (χ2v) is 6.53. The molecule has 2 heterocycles. The van der Waals surface area contributed by atoms with E-state index < -0.39 is 11.6 Å². The van der Waals surface area contributed by atoms with Crippen molar-refractivity contribution < 1.29 is 14.3 Å². The molecule has 0 radical (unpaired) electrons. The van der Waals surface area contributed by atoms with Gasteiger partial charge in [0.05, 0.1) is 11.6 Å². The van der Waals surface area contributed by atoms with Gasteiger partial charge < -0.3 is 15.3 Å². The zero-order chi connectivity index (χ0) is 16.7. The number of aromatic hydroxyl groups is 1. The van der Waals surface area contributed by atoms with Crippen LogP contribution in [0.1, 0.15) is 22.0 Å². The number of rotatable bonds is 2. The number of phenols is 1. The van der Waals surface area contributed by atoms with Crippen LogP contribution in [0.25, 0.3) is 0 Å². The highest BCUT2D eigenvalue weighted by molar-refractivity contribution is 5.97. The summed E-state index contributed by atoms with van der Waals surface area (Å²) in [6, 6.07) is 14.0. The van der Waals surface area contributed by atoms with Crippen LogP contribution in [0.15, 0.2) is 48.5 Å². The van der Waals surface area contributed by atoms with Gasteiger partial charge >= 0.3 is 0 Å². The first-order chi connectivity index (χ1) is 11.7. The second kappa shape index (κ2) is 5.91. The average molecular weight is 326 g/mol. The lowest BCUT2D eigenvalue weighted by Gasteiger charge is -2.28. The summed E-state index contributed by atoms with van der Waals surface area (Å²) in [5, 5.41) is 13.3. The van der Waals surface area contributed by atoms with Crippen molar-refractivity contribution in [2.45, 2.75) is 6.04 Å². The molecule has 2 aromatic rings. The Kier molecular flexibility index (Phi) is 3.73. The molecule has 0 aliphatic carbocycles. The fourth-order valence-electron chi connectivity index (χ4n) is 4.05. The number of nitrogens with zero attached hydrogens (tertiary/aromatic N) is 1. The highest BCUT2D eigenvalue weighted by atomic mass is 19.1. The van der Waals surface area contributed by atoms with Gasteiger partial charge in [0.1, 0.15) is 0 Å². The van der Waals surface area contributed by atoms with Crippen LogP contribution in [-0.4, -0.2) is 35.5 Å². The summed E-state index contributed by atoms with van der Waals surface area (Å²) >= 11 is 0. The van der Waals surface area contributed by atoms with Gasteiger partial charge in [-0.25, -0.2) is 4.39 Å². The lowest BCUT2D eigenvalue weighted by atomic mass is 9.89. The Morgan fingerprint density at radius 1 is 1.12 bits per heavy atom. The molecule has 24 heavy (non-hydrogen) atoms. The van der Waals surface area contributed by atoms with Crippen molar-refractivity contribution in [3.8, 4) is 5.75 Å². The van der Waals surface area contributed by atoms with Crippen LogP contribution in [0.3, 0.4) is 0 Å². The van der Waals surface area contributed by atoms with Gasteiger partial charge in [-0.15, -0.1) is 0 Å². The molecule has 124 valence electrons. The predicted octanol–water partition coefficient (Wildman–Crippen LogP) is 2.56. The summed E-state index contributed by atoms with van der Waals surface area (Å²) in [6.45, 7) is 2.36. The van der Waals surface area contributed by atoms with Crippen molar-refractivity contribution in [2.75, 3.05) is 19.6 Å². The number of halogens is 1. The Balaban J connectivity index is 1.73. The van der Waals surface area contributed by atoms with Gasteiger partial charge in [-0.1, -0.05) is 36.4 Å². The minimum absolute atomic E-state index is 0.0314. The van der Waals surface area contributed by atoms with E-state index in [0.717, 1.165) is 24.7 Å². The van der Waals surface area contributed by atoms with Crippen LogP contribution in [0.4, 0.5) is 4.39 Å². The molecule has 2 aliphatic rings. The molecule has 2 fully saturated rings. The number of likely N-dealkylation sites (tertiary alicyclic amines) is 1. The maximum absolute atomic E-state index is 13.6. The highest BCUT2D eigenvalue weighted by Crippen LogP contribution is 2.43. The smallest absolute Gasteiger partial charge is 0.258 e. The lowest BCUT2D eigenvalue weighted by Crippen LogP contribution is -2.34. The number of hydrogen-bond donors (Lipinski definition) is 2. The van der Waals surface area contributed by atoms with E-state index in [1.54, 1.807) is 4.90 Å². The molecule has 4 nitrogen and oxygen atoms in total. The Morgan fingerprint density at radius 3 is 2.71 bits per heavy atom. The topological polar surface area (TPSA) is 52.6 Å². The normalized spacial score (nSPS) is 25.7. The third-order valence-corrected chi connectivity index (χ3v) is 5.18. The van der Waals surface area contributed by atoms with Crippen LogP contribution in [0.5, 0.6) is 5.75 Å². The van der Waals surface area contributed by atoms with Crippen molar-refractivity contribution in [2.24, 2.45) is 11.8 Å². The Hall–Kier alpha value is -2.40. The first-order valence-electron chi connectivity index (χ1n) is 8.21. The largest absolute Gasteiger partial charge is 0.504 e. The number of amides is 1. The average Bonchev–Trinajstić information content (AvgIpc) is 3.18. The molecule has 2 saturated heterocycles. The van der Waals surface area contributed by atoms with Crippen LogP contribution in [-0.2, 0) is 0 Å². The second-order valence-electron chi connectivity index (χ2n) is 6.53. The Morgan fingerprint density at radius 2 is 1.92 bits per heavy atom. The number of benzene rings is 2. The number of nitrogens with one attached hydrogen (secondary N) is 1. The molecular formula is C19H19FN2O2. The van der Waals surface area contributed by atoms with Crippen molar-refractivity contribution in [3.63, 3.8) is 0 Å². The summed E-state index contributed by atoms with van der Waals surface area (Å²) in [7, 11) is 0. The maximum atomic E-state index is 13.6. The summed E-state index contributed by atoms with van der Waals surface area (Å²) in [6.07, 6.45) is 0. The van der Waals surface area contributed by atoms with Gasteiger partial charge in [0.2, 0.25) is 0 Å². The first kappa shape index (κ1) is 15.1. The van der Waals surface area contributed by atoms with Crippen LogP contribution >= 0.6 is 0 Å². The maximum Gasteiger partial charge on any atom is 0.258 e. The summed E-state index contributed by atoms with van der Waals surface area (Å²) < 4.78 is 13.6. The molecule has 4 rings (SSSR count). The number of hydrogen-bond acceptors (Lipinski definition) is 3. The van der Waals surface area contributed by atoms with E-state index in [4.69, 9.17) is 0 Å². The SMILES string of the molecule is O=C(c1cccc(F)c1O)N1C[C@@H]2CNC[C@@H]2[C@@H]1c1ccccc1. The zero-order valence-electron chi connectivity index (χ0n) is 13.2. The molecule has 0 aromatic heterocycles. The standard InChI is InChI=1S/C19H19FN2O2/c20-16-8-4-7-14(18(16)23)19(24)22-11-13-9-21-10-15(13)17(22)12-5-2-1-3-6-12/h1-8,13,15,17,21,23H,9-11H2/t13-,15-,17-/m0/s1. The van der Waals surface area contributed by atoms with Crippen molar-refractivity contribution in [1.82, 2.24) is 10.2 Å². The van der Waals surface area contributed by atoms with E-state index in [1.165, 1.54) is 12.1 Å². The molecule has 0 saturated carbocycles. The third kappa shape index (κ3) is 2.36. The van der Waals surface area contributed by atoms with Gasteiger partial charge in [0.15, 0.2) is 11.6 Å². The molecule has 5 heteroatoms. The van der Waals surface area contributed by atoms with Gasteiger partial charge in [0.25, 0.3) is 5.91 Å². The van der Waals surface area contributed by atoms with Gasteiger partial charge in [-0.2, -0.15) is 0 Å². The molecule has 2 aliphatic heterocycles. The minimum Gasteiger partial charge on any atom is -0.504 e. The predicted molar refractivity (Wildman–Crippen MR) is 88.1 cm³/mol. The molecule has 2 aromatic carbocycles. The highest BCUT2D eigenvalue weighted by Gasteiger charge is 2.47. The number of carbonyl (C=O) groups excluding carboxylic acids is 1. The molecule has 1 amide bonds. The summed E-state index contributed by atoms with van der Waals surface area (Å²) in [5.74, 6) is -0.917. The van der Waals surface area contributed by atoms with E-state index >= 15 is 0 Å². The van der Waals surface area contributed by atoms with Crippen molar-refractivity contribution in [1.29, 1.82) is 0 Å². The monoisotopic (exact) mass is 326 g/mol. The first-order valence-corrected chi connectivity index (χ1v) is 8.21. The van der Waals surface area contributed by atoms with Crippen molar-refractivity contribution in [3.05, 3.63) is 65.5 Å². The van der Waals surface area contributed by atoms with Crippen molar-refractivity contribution >= 4 is 5.91 Å². The number of carbonyl (C=O) groups is 1. The fourth-order valence-corrected chi connectivity index (χ4v) is 4.05.